The Kier molecular flexibility index (Phi) is 4.82. The van der Waals surface area contributed by atoms with E-state index in [9.17, 15) is 9.59 Å². The van der Waals surface area contributed by atoms with Crippen molar-refractivity contribution in [3.63, 3.8) is 0 Å². The fraction of sp³-hybridized carbons (Fsp3) is 0.538. The normalized spacial score (nSPS) is 17.7. The van der Waals surface area contributed by atoms with Crippen molar-refractivity contribution in [1.82, 2.24) is 0 Å². The number of esters is 1. The van der Waals surface area contributed by atoms with Crippen molar-refractivity contribution in [2.45, 2.75) is 20.3 Å². The maximum Gasteiger partial charge on any atom is 0.341 e. The van der Waals surface area contributed by atoms with Gasteiger partial charge < -0.3 is 9.64 Å². The highest BCUT2D eigenvalue weighted by molar-refractivity contribution is 7.16. The summed E-state index contributed by atoms with van der Waals surface area (Å²) in [6.07, 6.45) is 0.332. The van der Waals surface area contributed by atoms with Gasteiger partial charge in [0.1, 0.15) is 5.00 Å². The number of aryl methyl sites for hydroxylation is 1. The van der Waals surface area contributed by atoms with E-state index in [0.29, 0.717) is 30.1 Å². The summed E-state index contributed by atoms with van der Waals surface area (Å²) in [4.78, 5) is 29.4. The van der Waals surface area contributed by atoms with E-state index in [0.717, 1.165) is 4.88 Å². The van der Waals surface area contributed by atoms with Crippen LogP contribution in [0, 0.1) is 12.8 Å². The second-order valence-corrected chi connectivity index (χ2v) is 6.02. The molecule has 1 atom stereocenters. The number of nitrogens with zero attached hydrogens (tertiary/aromatic N) is 4. The summed E-state index contributed by atoms with van der Waals surface area (Å²) in [5.41, 5.74) is 8.78. The fourth-order valence-corrected chi connectivity index (χ4v) is 3.33. The van der Waals surface area contributed by atoms with Gasteiger partial charge in [-0.05, 0) is 31.4 Å². The van der Waals surface area contributed by atoms with Gasteiger partial charge >= 0.3 is 5.97 Å². The lowest BCUT2D eigenvalue weighted by molar-refractivity contribution is -0.117. The predicted molar refractivity (Wildman–Crippen MR) is 79.5 cm³/mol. The molecule has 1 aromatic rings. The van der Waals surface area contributed by atoms with Crippen molar-refractivity contribution in [1.29, 1.82) is 0 Å². The summed E-state index contributed by atoms with van der Waals surface area (Å²) in [7, 11) is 0. The number of anilines is 1. The molecule has 0 saturated carbocycles. The number of carbonyl (C=O) groups excluding carboxylic acids is 2. The largest absolute Gasteiger partial charge is 0.462 e. The van der Waals surface area contributed by atoms with Crippen LogP contribution in [0.15, 0.2) is 11.2 Å². The van der Waals surface area contributed by atoms with E-state index in [1.807, 2.05) is 6.92 Å². The van der Waals surface area contributed by atoms with Crippen LogP contribution < -0.4 is 4.90 Å². The number of thiophene rings is 1. The quantitative estimate of drug-likeness (QED) is 0.362. The van der Waals surface area contributed by atoms with Gasteiger partial charge in [-0.1, -0.05) is 5.11 Å². The lowest BCUT2D eigenvalue weighted by Gasteiger charge is -2.16. The lowest BCUT2D eigenvalue weighted by Crippen LogP contribution is -2.25. The van der Waals surface area contributed by atoms with Gasteiger partial charge in [-0.3, -0.25) is 4.79 Å². The predicted octanol–water partition coefficient (Wildman–Crippen LogP) is 2.90. The molecule has 112 valence electrons. The van der Waals surface area contributed by atoms with Gasteiger partial charge in [-0.15, -0.1) is 11.3 Å². The van der Waals surface area contributed by atoms with E-state index in [2.05, 4.69) is 10.0 Å². The minimum atomic E-state index is -0.414. The monoisotopic (exact) mass is 308 g/mol. The van der Waals surface area contributed by atoms with E-state index >= 15 is 0 Å². The van der Waals surface area contributed by atoms with Crippen LogP contribution in [0.4, 0.5) is 5.00 Å². The molecule has 8 heteroatoms. The Morgan fingerprint density at radius 3 is 3.10 bits per heavy atom. The highest BCUT2D eigenvalue weighted by Crippen LogP contribution is 2.35. The summed E-state index contributed by atoms with van der Waals surface area (Å²) < 4.78 is 5.03. The first-order chi connectivity index (χ1) is 10.1. The first-order valence-electron chi connectivity index (χ1n) is 6.65. The highest BCUT2D eigenvalue weighted by atomic mass is 32.1. The minimum Gasteiger partial charge on any atom is -0.462 e. The Morgan fingerprint density at radius 2 is 2.43 bits per heavy atom. The molecule has 21 heavy (non-hydrogen) atoms. The molecule has 1 amide bonds. The molecule has 0 bridgehead atoms. The summed E-state index contributed by atoms with van der Waals surface area (Å²) >= 11 is 1.40. The zero-order valence-corrected chi connectivity index (χ0v) is 12.7. The van der Waals surface area contributed by atoms with E-state index < -0.39 is 5.97 Å². The van der Waals surface area contributed by atoms with E-state index in [4.69, 9.17) is 10.3 Å². The molecule has 7 nitrogen and oxygen atoms in total. The SMILES string of the molecule is CCOC(=O)c1cc(C)sc1N1CC(CN=[N+]=[N-])CC1=O. The van der Waals surface area contributed by atoms with Crippen LogP contribution in [0.25, 0.3) is 10.4 Å². The van der Waals surface area contributed by atoms with Crippen molar-refractivity contribution < 1.29 is 14.3 Å². The third kappa shape index (κ3) is 3.34. The van der Waals surface area contributed by atoms with Crippen molar-refractivity contribution in [3.05, 3.63) is 26.9 Å². The molecule has 0 aliphatic carbocycles. The number of azide groups is 1. The third-order valence-corrected chi connectivity index (χ3v) is 4.26. The molecule has 1 fully saturated rings. The van der Waals surface area contributed by atoms with Gasteiger partial charge in [-0.25, -0.2) is 4.79 Å². The lowest BCUT2D eigenvalue weighted by atomic mass is 10.1. The molecule has 2 heterocycles. The first kappa shape index (κ1) is 15.3. The highest BCUT2D eigenvalue weighted by Gasteiger charge is 2.33. The maximum absolute atomic E-state index is 12.1. The average Bonchev–Trinajstić information content (AvgIpc) is 2.99. The number of ether oxygens (including phenoxy) is 1. The molecule has 0 spiro atoms. The molecule has 1 saturated heterocycles. The Bertz CT molecular complexity index is 607. The van der Waals surface area contributed by atoms with Crippen LogP contribution in [0.3, 0.4) is 0 Å². The van der Waals surface area contributed by atoms with Gasteiger partial charge in [0, 0.05) is 29.3 Å². The van der Waals surface area contributed by atoms with Crippen LogP contribution in [-0.2, 0) is 9.53 Å². The van der Waals surface area contributed by atoms with Crippen molar-refractivity contribution >= 4 is 28.2 Å². The zero-order chi connectivity index (χ0) is 15.4. The molecule has 0 aromatic carbocycles. The van der Waals surface area contributed by atoms with E-state index in [-0.39, 0.29) is 18.4 Å². The van der Waals surface area contributed by atoms with Crippen LogP contribution in [0.1, 0.15) is 28.6 Å². The topological polar surface area (TPSA) is 95.4 Å². The van der Waals surface area contributed by atoms with Crippen LogP contribution >= 0.6 is 11.3 Å². The van der Waals surface area contributed by atoms with E-state index in [1.54, 1.807) is 17.9 Å². The summed E-state index contributed by atoms with van der Waals surface area (Å²) in [6, 6.07) is 1.74. The smallest absolute Gasteiger partial charge is 0.341 e. The minimum absolute atomic E-state index is 0.00847. The van der Waals surface area contributed by atoms with E-state index in [1.165, 1.54) is 11.3 Å². The van der Waals surface area contributed by atoms with Gasteiger partial charge in [0.2, 0.25) is 5.91 Å². The van der Waals surface area contributed by atoms with Gasteiger partial charge in [0.05, 0.1) is 12.2 Å². The summed E-state index contributed by atoms with van der Waals surface area (Å²) in [6.45, 7) is 4.67. The van der Waals surface area contributed by atoms with Crippen LogP contribution in [-0.4, -0.2) is 31.6 Å². The molecule has 1 aliphatic heterocycles. The average molecular weight is 308 g/mol. The number of amides is 1. The molecule has 0 N–H and O–H groups in total. The van der Waals surface area contributed by atoms with Crippen molar-refractivity contribution in [2.24, 2.45) is 11.0 Å². The molecule has 1 unspecified atom stereocenters. The number of rotatable bonds is 5. The summed E-state index contributed by atoms with van der Waals surface area (Å²) in [5.74, 6) is -0.477. The maximum atomic E-state index is 12.1. The van der Waals surface area contributed by atoms with Crippen molar-refractivity contribution in [3.8, 4) is 0 Å². The molecule has 0 radical (unpaired) electrons. The molecule has 1 aromatic heterocycles. The fourth-order valence-electron chi connectivity index (χ4n) is 2.31. The number of carbonyl (C=O) groups is 2. The zero-order valence-electron chi connectivity index (χ0n) is 11.9. The molecular weight excluding hydrogens is 292 g/mol. The standard InChI is InChI=1S/C13H16N4O3S/c1-3-20-13(19)10-4-8(2)21-12(10)17-7-9(5-11(17)18)6-15-16-14/h4,9H,3,5-7H2,1-2H3. The Balaban J connectivity index is 2.23. The van der Waals surface area contributed by atoms with Crippen LogP contribution in [0.5, 0.6) is 0 Å². The second kappa shape index (κ2) is 6.60. The number of hydrogen-bond donors (Lipinski definition) is 0. The number of hydrogen-bond acceptors (Lipinski definition) is 5. The van der Waals surface area contributed by atoms with Gasteiger partial charge in [0.25, 0.3) is 0 Å². The second-order valence-electron chi connectivity index (χ2n) is 4.78. The first-order valence-corrected chi connectivity index (χ1v) is 7.47. The summed E-state index contributed by atoms with van der Waals surface area (Å²) in [5, 5.41) is 4.15. The van der Waals surface area contributed by atoms with Crippen LogP contribution in [0.2, 0.25) is 0 Å². The third-order valence-electron chi connectivity index (χ3n) is 3.18. The Hall–Kier alpha value is -2.05. The Morgan fingerprint density at radius 1 is 1.67 bits per heavy atom. The van der Waals surface area contributed by atoms with Gasteiger partial charge in [-0.2, -0.15) is 0 Å². The molecule has 1 aliphatic rings. The van der Waals surface area contributed by atoms with Gasteiger partial charge in [0.15, 0.2) is 0 Å². The Labute approximate surface area is 126 Å². The molecular formula is C13H16N4O3S. The van der Waals surface area contributed by atoms with Crippen molar-refractivity contribution in [2.75, 3.05) is 24.6 Å². The molecule has 2 rings (SSSR count).